The van der Waals surface area contributed by atoms with Crippen molar-refractivity contribution in [1.29, 1.82) is 0 Å². The molecule has 1 aliphatic rings. The third-order valence-electron chi connectivity index (χ3n) is 4.32. The van der Waals surface area contributed by atoms with Crippen molar-refractivity contribution in [2.45, 2.75) is 13.0 Å². The van der Waals surface area contributed by atoms with E-state index in [1.807, 2.05) is 12.4 Å². The van der Waals surface area contributed by atoms with Crippen LogP contribution in [0.4, 0.5) is 11.8 Å². The zero-order chi connectivity index (χ0) is 15.4. The molecule has 0 aliphatic carbocycles. The van der Waals surface area contributed by atoms with Gasteiger partial charge < -0.3 is 15.6 Å². The first-order valence-corrected chi connectivity index (χ1v) is 7.36. The van der Waals surface area contributed by atoms with Gasteiger partial charge in [0.25, 0.3) is 0 Å². The van der Waals surface area contributed by atoms with Gasteiger partial charge in [-0.1, -0.05) is 4.98 Å². The Balaban J connectivity index is 1.62. The molecule has 0 amide bonds. The van der Waals surface area contributed by atoms with E-state index in [1.54, 1.807) is 6.33 Å². The van der Waals surface area contributed by atoms with Crippen LogP contribution in [0.1, 0.15) is 11.1 Å². The summed E-state index contributed by atoms with van der Waals surface area (Å²) >= 11 is 0. The first kappa shape index (κ1) is 12.3. The van der Waals surface area contributed by atoms with Gasteiger partial charge >= 0.3 is 5.95 Å². The maximum absolute atomic E-state index is 5.87. The molecular formula is C14H14N9+. The summed E-state index contributed by atoms with van der Waals surface area (Å²) in [7, 11) is 0. The Morgan fingerprint density at radius 3 is 3.17 bits per heavy atom. The number of nitrogens with zero attached hydrogens (tertiary/aromatic N) is 5. The number of nitrogens with one attached hydrogen (secondary N) is 3. The fourth-order valence-corrected chi connectivity index (χ4v) is 3.25. The Morgan fingerprint density at radius 1 is 1.26 bits per heavy atom. The van der Waals surface area contributed by atoms with Crippen LogP contribution >= 0.6 is 0 Å². The zero-order valence-corrected chi connectivity index (χ0v) is 12.2. The van der Waals surface area contributed by atoms with E-state index in [9.17, 15) is 0 Å². The number of imidazole rings is 1. The minimum atomic E-state index is 0.355. The SMILES string of the molecule is Nc1nc2nc[nH]c2c(N2CCc3c(cnc4[nH]ncc34)C2)[nH+]1. The van der Waals surface area contributed by atoms with Gasteiger partial charge in [0.1, 0.15) is 0 Å². The van der Waals surface area contributed by atoms with E-state index in [4.69, 9.17) is 5.73 Å². The Hall–Kier alpha value is -3.23. The quantitative estimate of drug-likeness (QED) is 0.460. The van der Waals surface area contributed by atoms with Crippen LogP contribution in [0, 0.1) is 0 Å². The van der Waals surface area contributed by atoms with Crippen molar-refractivity contribution >= 4 is 34.0 Å². The summed E-state index contributed by atoms with van der Waals surface area (Å²) in [6.07, 6.45) is 6.31. The molecule has 23 heavy (non-hydrogen) atoms. The van der Waals surface area contributed by atoms with Gasteiger partial charge in [0.15, 0.2) is 11.2 Å². The summed E-state index contributed by atoms with van der Waals surface area (Å²) in [6.45, 7) is 1.61. The number of rotatable bonds is 1. The van der Waals surface area contributed by atoms with Crippen molar-refractivity contribution < 1.29 is 4.98 Å². The van der Waals surface area contributed by atoms with Gasteiger partial charge in [0.05, 0.1) is 25.6 Å². The molecule has 0 fully saturated rings. The van der Waals surface area contributed by atoms with E-state index >= 15 is 0 Å². The fourth-order valence-electron chi connectivity index (χ4n) is 3.25. The summed E-state index contributed by atoms with van der Waals surface area (Å²) in [4.78, 5) is 21.3. The number of aromatic amines is 3. The van der Waals surface area contributed by atoms with Gasteiger partial charge in [0, 0.05) is 23.6 Å². The number of fused-ring (bicyclic) bond motifs is 4. The molecule has 0 radical (unpaired) electrons. The minimum Gasteiger partial charge on any atom is -0.337 e. The summed E-state index contributed by atoms with van der Waals surface area (Å²) in [5.74, 6) is 1.26. The first-order valence-electron chi connectivity index (χ1n) is 7.36. The van der Waals surface area contributed by atoms with E-state index < -0.39 is 0 Å². The zero-order valence-electron chi connectivity index (χ0n) is 12.2. The number of pyridine rings is 1. The third kappa shape index (κ3) is 1.76. The molecule has 9 nitrogen and oxygen atoms in total. The lowest BCUT2D eigenvalue weighted by Gasteiger charge is -2.26. The molecule has 5 heterocycles. The van der Waals surface area contributed by atoms with Crippen LogP contribution in [0.5, 0.6) is 0 Å². The minimum absolute atomic E-state index is 0.355. The molecule has 0 saturated carbocycles. The Morgan fingerprint density at radius 2 is 2.22 bits per heavy atom. The van der Waals surface area contributed by atoms with Gasteiger partial charge in [-0.2, -0.15) is 5.10 Å². The highest BCUT2D eigenvalue weighted by atomic mass is 15.2. The second-order valence-corrected chi connectivity index (χ2v) is 5.64. The predicted molar refractivity (Wildman–Crippen MR) is 83.5 cm³/mol. The van der Waals surface area contributed by atoms with E-state index in [-0.39, 0.29) is 0 Å². The summed E-state index contributed by atoms with van der Waals surface area (Å²) < 4.78 is 0. The topological polar surface area (TPSA) is 127 Å². The van der Waals surface area contributed by atoms with Crippen molar-refractivity contribution in [3.05, 3.63) is 29.8 Å². The number of aromatic nitrogens is 7. The third-order valence-corrected chi connectivity index (χ3v) is 4.32. The standard InChI is InChI=1S/C14H13N9/c15-14-20-12-10(17-6-18-12)13(21-14)23-2-1-8-7(5-23)3-16-11-9(8)4-19-22-11/h3-4,6H,1-2,5H2,(H,16,19,22)(H3,15,17,18,20,21)/p+1. The van der Waals surface area contributed by atoms with Crippen LogP contribution in [0.2, 0.25) is 0 Å². The van der Waals surface area contributed by atoms with Crippen LogP contribution in [-0.2, 0) is 13.0 Å². The normalized spacial score (nSPS) is 14.5. The van der Waals surface area contributed by atoms with Gasteiger partial charge in [-0.05, 0) is 5.56 Å². The maximum Gasteiger partial charge on any atom is 0.344 e. The number of H-pyrrole nitrogens is 3. The molecule has 4 aromatic rings. The fraction of sp³-hybridized carbons (Fsp3) is 0.214. The van der Waals surface area contributed by atoms with E-state index in [2.05, 4.69) is 40.0 Å². The van der Waals surface area contributed by atoms with Crippen molar-refractivity contribution in [3.63, 3.8) is 0 Å². The van der Waals surface area contributed by atoms with E-state index in [0.717, 1.165) is 41.9 Å². The van der Waals surface area contributed by atoms with Crippen LogP contribution in [0.25, 0.3) is 22.2 Å². The average Bonchev–Trinajstić information content (AvgIpc) is 3.22. The molecule has 0 aromatic carbocycles. The number of hydrogen-bond donors (Lipinski definition) is 3. The Bertz CT molecular complexity index is 1030. The number of nitrogens with two attached hydrogens (primary N) is 1. The number of anilines is 2. The molecule has 5 rings (SSSR count). The van der Waals surface area contributed by atoms with E-state index in [0.29, 0.717) is 11.6 Å². The summed E-state index contributed by atoms with van der Waals surface area (Å²) in [5.41, 5.74) is 10.7. The first-order chi connectivity index (χ1) is 11.3. The largest absolute Gasteiger partial charge is 0.344 e. The van der Waals surface area contributed by atoms with Crippen molar-refractivity contribution in [2.24, 2.45) is 0 Å². The van der Waals surface area contributed by atoms with Gasteiger partial charge in [-0.15, -0.1) is 0 Å². The average molecular weight is 308 g/mol. The molecule has 0 atom stereocenters. The lowest BCUT2D eigenvalue weighted by atomic mass is 9.99. The van der Waals surface area contributed by atoms with Gasteiger partial charge in [-0.25, -0.2) is 15.0 Å². The molecular weight excluding hydrogens is 294 g/mol. The highest BCUT2D eigenvalue weighted by molar-refractivity contribution is 5.83. The molecule has 0 unspecified atom stereocenters. The molecule has 0 bridgehead atoms. The van der Waals surface area contributed by atoms with Crippen LogP contribution in [-0.4, -0.2) is 36.7 Å². The number of hydrogen-bond acceptors (Lipinski definition) is 6. The molecule has 9 heteroatoms. The van der Waals surface area contributed by atoms with Crippen LogP contribution in [0.3, 0.4) is 0 Å². The monoisotopic (exact) mass is 308 g/mol. The van der Waals surface area contributed by atoms with Crippen LogP contribution in [0.15, 0.2) is 18.7 Å². The summed E-state index contributed by atoms with van der Waals surface area (Å²) in [5, 5.41) is 8.11. The smallest absolute Gasteiger partial charge is 0.337 e. The Kier molecular flexibility index (Phi) is 2.35. The predicted octanol–water partition coefficient (Wildman–Crippen LogP) is 0.188. The lowest BCUT2D eigenvalue weighted by molar-refractivity contribution is -0.348. The van der Waals surface area contributed by atoms with Crippen molar-refractivity contribution in [3.8, 4) is 0 Å². The second-order valence-electron chi connectivity index (χ2n) is 5.64. The van der Waals surface area contributed by atoms with Gasteiger partial charge in [0.2, 0.25) is 11.5 Å². The molecule has 0 saturated heterocycles. The molecule has 114 valence electrons. The number of nitrogen functional groups attached to an aromatic ring is 1. The van der Waals surface area contributed by atoms with Gasteiger partial charge in [-0.3, -0.25) is 5.10 Å². The van der Waals surface area contributed by atoms with E-state index in [1.165, 1.54) is 11.1 Å². The molecule has 4 aromatic heterocycles. The highest BCUT2D eigenvalue weighted by Crippen LogP contribution is 2.28. The van der Waals surface area contributed by atoms with Crippen molar-refractivity contribution in [1.82, 2.24) is 30.1 Å². The molecule has 1 aliphatic heterocycles. The second kappa shape index (κ2) is 4.38. The van der Waals surface area contributed by atoms with Crippen LogP contribution < -0.4 is 15.6 Å². The lowest BCUT2D eigenvalue weighted by Crippen LogP contribution is -2.35. The Labute approximate surface area is 130 Å². The highest BCUT2D eigenvalue weighted by Gasteiger charge is 2.26. The maximum atomic E-state index is 5.87. The summed E-state index contributed by atoms with van der Waals surface area (Å²) in [6, 6.07) is 0. The van der Waals surface area contributed by atoms with Crippen molar-refractivity contribution in [2.75, 3.05) is 17.2 Å². The molecule has 0 spiro atoms. The molecule has 5 N–H and O–H groups in total.